The molecule has 0 bridgehead atoms. The molecule has 3 heterocycles. The molecule has 3 aromatic rings. The first-order chi connectivity index (χ1) is 21.9. The molecule has 6 rings (SSSR count). The van der Waals surface area contributed by atoms with Gasteiger partial charge in [0.1, 0.15) is 28.9 Å². The second kappa shape index (κ2) is 13.3. The largest absolute Gasteiger partial charge is 0.448 e. The highest BCUT2D eigenvalue weighted by Gasteiger charge is 2.57. The van der Waals surface area contributed by atoms with Crippen LogP contribution >= 0.6 is 22.9 Å². The van der Waals surface area contributed by atoms with Crippen molar-refractivity contribution in [1.82, 2.24) is 15.2 Å². The molecular formula is C30H26ClN5O7S2. The first kappa shape index (κ1) is 30.6. The highest BCUT2D eigenvalue weighted by molar-refractivity contribution is 7.86. The average molecular weight is 668 g/mol. The summed E-state index contributed by atoms with van der Waals surface area (Å²) in [6.45, 7) is 0. The molecule has 0 radical (unpaired) electrons. The molecule has 1 saturated heterocycles. The molecule has 3 amide bonds. The van der Waals surface area contributed by atoms with Crippen LogP contribution in [0.15, 0.2) is 82.5 Å². The third kappa shape index (κ3) is 6.39. The summed E-state index contributed by atoms with van der Waals surface area (Å²) in [6, 6.07) is 17.1. The summed E-state index contributed by atoms with van der Waals surface area (Å²) in [7, 11) is -1.70. The van der Waals surface area contributed by atoms with Crippen molar-refractivity contribution in [3.05, 3.63) is 94.1 Å². The Labute approximate surface area is 268 Å². The van der Waals surface area contributed by atoms with Gasteiger partial charge in [-0.05, 0) is 29.5 Å². The van der Waals surface area contributed by atoms with Gasteiger partial charge in [-0.25, -0.2) is 9.78 Å². The van der Waals surface area contributed by atoms with Gasteiger partial charge in [0.25, 0.3) is 11.8 Å². The number of alkyl halides is 1. The number of halogens is 1. The van der Waals surface area contributed by atoms with E-state index in [1.54, 1.807) is 0 Å². The zero-order valence-corrected chi connectivity index (χ0v) is 25.8. The number of nitrogens with zero attached hydrogens (tertiary/aromatic N) is 3. The number of oxime groups is 1. The first-order valence-corrected chi connectivity index (χ1v) is 16.7. The monoisotopic (exact) mass is 667 g/mol. The van der Waals surface area contributed by atoms with Crippen LogP contribution in [0.5, 0.6) is 0 Å². The molecule has 12 nitrogen and oxygen atoms in total. The summed E-state index contributed by atoms with van der Waals surface area (Å²) in [5.74, 6) is -2.49. The van der Waals surface area contributed by atoms with Crippen molar-refractivity contribution in [2.45, 2.75) is 36.5 Å². The van der Waals surface area contributed by atoms with E-state index in [0.29, 0.717) is 12.0 Å². The number of esters is 1. The molecule has 1 aliphatic carbocycles. The Kier molecular flexibility index (Phi) is 9.05. The van der Waals surface area contributed by atoms with Gasteiger partial charge >= 0.3 is 5.97 Å². The standard InChI is InChI=1S/C30H26ClN5O7S2/c31-13-19-15-45(41)28-23(34-26(38)22(35-43-20-11-12-20)21-14-44-30(33-21)32-16-37)27(39)36(28)24(19)29(40)42-25(17-7-3-1-4-8-17)18-9-5-2-6-10-18/h1-10,14,16,20,23,25,28H,11-13,15H2,(H,34,38)(H,32,33,37)/b35-22-/t23-,28-,45?/m1/s1. The smallest absolute Gasteiger partial charge is 0.356 e. The van der Waals surface area contributed by atoms with E-state index in [9.17, 15) is 23.4 Å². The number of benzene rings is 2. The minimum Gasteiger partial charge on any atom is -0.448 e. The number of amides is 3. The lowest BCUT2D eigenvalue weighted by atomic mass is 10.0. The molecule has 3 atom stereocenters. The SMILES string of the molecule is O=CNc1nc(/C(=N/OC2CC2)C(=O)N[C@@H]2C(=O)N3C(C(=O)OC(c4ccccc4)c4ccccc4)=C(CCl)CS(=O)[C@H]23)cs1. The molecular weight excluding hydrogens is 642 g/mol. The number of carbonyl (C=O) groups is 4. The minimum atomic E-state index is -1.70. The van der Waals surface area contributed by atoms with Crippen LogP contribution in [0.25, 0.3) is 0 Å². The van der Waals surface area contributed by atoms with Crippen molar-refractivity contribution in [2.75, 3.05) is 16.9 Å². The van der Waals surface area contributed by atoms with Crippen LogP contribution in [-0.2, 0) is 39.6 Å². The topological polar surface area (TPSA) is 156 Å². The highest BCUT2D eigenvalue weighted by atomic mass is 35.5. The number of hydrogen-bond acceptors (Lipinski definition) is 10. The van der Waals surface area contributed by atoms with Crippen LogP contribution in [-0.4, -0.2) is 73.2 Å². The van der Waals surface area contributed by atoms with E-state index in [1.165, 1.54) is 5.38 Å². The maximum absolute atomic E-state index is 13.8. The molecule has 1 unspecified atom stereocenters. The number of fused-ring (bicyclic) bond motifs is 1. The van der Waals surface area contributed by atoms with Crippen molar-refractivity contribution in [3.63, 3.8) is 0 Å². The number of anilines is 1. The number of β-lactam (4-membered cyclic amide) rings is 1. The Morgan fingerprint density at radius 2 is 1.80 bits per heavy atom. The molecule has 232 valence electrons. The van der Waals surface area contributed by atoms with E-state index in [-0.39, 0.29) is 40.0 Å². The quantitative estimate of drug-likeness (QED) is 0.0746. The van der Waals surface area contributed by atoms with E-state index in [0.717, 1.165) is 40.2 Å². The van der Waals surface area contributed by atoms with Crippen molar-refractivity contribution in [3.8, 4) is 0 Å². The Hall–Kier alpha value is -4.40. The molecule has 1 saturated carbocycles. The summed E-state index contributed by atoms with van der Waals surface area (Å²) in [5.41, 5.74) is 1.56. The zero-order chi connectivity index (χ0) is 31.5. The molecule has 1 aromatic heterocycles. The third-order valence-corrected chi connectivity index (χ3v) is 9.99. The lowest BCUT2D eigenvalue weighted by Gasteiger charge is -2.49. The van der Waals surface area contributed by atoms with E-state index in [1.807, 2.05) is 60.7 Å². The lowest BCUT2D eigenvalue weighted by Crippen LogP contribution is -2.74. The van der Waals surface area contributed by atoms with Gasteiger partial charge in [-0.1, -0.05) is 65.8 Å². The summed E-state index contributed by atoms with van der Waals surface area (Å²) >= 11 is 7.26. The van der Waals surface area contributed by atoms with E-state index in [2.05, 4.69) is 20.8 Å². The first-order valence-electron chi connectivity index (χ1n) is 13.9. The number of aromatic nitrogens is 1. The maximum atomic E-state index is 13.8. The van der Waals surface area contributed by atoms with Gasteiger partial charge in [-0.3, -0.25) is 23.5 Å². The van der Waals surface area contributed by atoms with Gasteiger partial charge in [-0.15, -0.1) is 22.9 Å². The summed E-state index contributed by atoms with van der Waals surface area (Å²) in [6.07, 6.45) is 1.10. The summed E-state index contributed by atoms with van der Waals surface area (Å²) in [5, 5.41) is 9.68. The third-order valence-electron chi connectivity index (χ3n) is 7.24. The minimum absolute atomic E-state index is 0.0861. The van der Waals surface area contributed by atoms with Gasteiger partial charge in [-0.2, -0.15) is 0 Å². The van der Waals surface area contributed by atoms with Gasteiger partial charge < -0.3 is 20.2 Å². The Morgan fingerprint density at radius 3 is 2.40 bits per heavy atom. The molecule has 45 heavy (non-hydrogen) atoms. The van der Waals surface area contributed by atoms with Gasteiger partial charge in [0.15, 0.2) is 16.9 Å². The van der Waals surface area contributed by atoms with Crippen LogP contribution in [0.2, 0.25) is 0 Å². The molecule has 3 aliphatic rings. The molecule has 15 heteroatoms. The highest BCUT2D eigenvalue weighted by Crippen LogP contribution is 2.37. The van der Waals surface area contributed by atoms with E-state index < -0.39 is 46.1 Å². The molecule has 2 fully saturated rings. The van der Waals surface area contributed by atoms with Crippen LogP contribution < -0.4 is 10.6 Å². The fourth-order valence-electron chi connectivity index (χ4n) is 4.91. The summed E-state index contributed by atoms with van der Waals surface area (Å²) in [4.78, 5) is 62.3. The zero-order valence-electron chi connectivity index (χ0n) is 23.5. The summed E-state index contributed by atoms with van der Waals surface area (Å²) < 4.78 is 19.4. The van der Waals surface area contributed by atoms with Crippen molar-refractivity contribution < 1.29 is 33.0 Å². The molecule has 0 spiro atoms. The number of hydrogen-bond donors (Lipinski definition) is 2. The number of nitrogens with one attached hydrogen (secondary N) is 2. The van der Waals surface area contributed by atoms with Crippen LogP contribution in [0, 0.1) is 0 Å². The predicted molar refractivity (Wildman–Crippen MR) is 167 cm³/mol. The van der Waals surface area contributed by atoms with Gasteiger partial charge in [0.2, 0.25) is 6.41 Å². The van der Waals surface area contributed by atoms with Crippen molar-refractivity contribution in [2.24, 2.45) is 5.16 Å². The second-order valence-corrected chi connectivity index (χ2v) is 13.0. The van der Waals surface area contributed by atoms with Crippen molar-refractivity contribution >= 4 is 68.8 Å². The Bertz CT molecular complexity index is 1670. The molecule has 2 aromatic carbocycles. The van der Waals surface area contributed by atoms with E-state index in [4.69, 9.17) is 21.2 Å². The second-order valence-electron chi connectivity index (χ2n) is 10.3. The van der Waals surface area contributed by atoms with E-state index >= 15 is 0 Å². The Morgan fingerprint density at radius 1 is 1.13 bits per heavy atom. The fraction of sp³-hybridized carbons (Fsp3) is 0.267. The normalized spacial score (nSPS) is 21.1. The molecule has 2 aliphatic heterocycles. The average Bonchev–Trinajstić information content (AvgIpc) is 3.78. The van der Waals surface area contributed by atoms with Gasteiger partial charge in [0, 0.05) is 11.3 Å². The lowest BCUT2D eigenvalue weighted by molar-refractivity contribution is -0.154. The maximum Gasteiger partial charge on any atom is 0.356 e. The number of ether oxygens (including phenoxy) is 1. The van der Waals surface area contributed by atoms with Gasteiger partial charge in [0.05, 0.1) is 16.6 Å². The Balaban J connectivity index is 1.24. The van der Waals surface area contributed by atoms with Crippen LogP contribution in [0.4, 0.5) is 5.13 Å². The van der Waals surface area contributed by atoms with Crippen LogP contribution in [0.1, 0.15) is 35.8 Å². The van der Waals surface area contributed by atoms with Crippen molar-refractivity contribution in [1.29, 1.82) is 0 Å². The predicted octanol–water partition coefficient (Wildman–Crippen LogP) is 2.84. The number of carbonyl (C=O) groups excluding carboxylic acids is 4. The number of thiazole rings is 1. The fourth-order valence-corrected chi connectivity index (χ4v) is 7.58. The number of rotatable bonds is 12. The van der Waals surface area contributed by atoms with Crippen LogP contribution in [0.3, 0.4) is 0 Å². The molecule has 2 N–H and O–H groups in total.